The van der Waals surface area contributed by atoms with E-state index >= 15 is 0 Å². The number of aliphatic hydroxyl groups excluding tert-OH is 2. The number of amides is 4. The van der Waals surface area contributed by atoms with Crippen LogP contribution in [0.3, 0.4) is 0 Å². The first-order valence-electron chi connectivity index (χ1n) is 20.4. The number of rotatable bonds is 16. The van der Waals surface area contributed by atoms with E-state index in [-0.39, 0.29) is 55.3 Å². The summed E-state index contributed by atoms with van der Waals surface area (Å²) in [5.41, 5.74) is 17.8. The molecule has 338 valence electrons. The maximum Gasteiger partial charge on any atom is 0.243 e. The first kappa shape index (κ1) is 47.9. The number of β-amino-alcohol motifs (C(OH)–C–C–N with tert-alkyl or cyclic N) is 2. The lowest BCUT2D eigenvalue weighted by Gasteiger charge is -2.25. The molecule has 2 aliphatic rings. The standard InChI is InChI=1S/C21H28N6O4S.C20H26N6O4S/c1-12(28)27-11-13(29)10-16(27)19(31)25-15(7-5-9-24-21(22)23-2)18(30)20-26-14-6-3-4-8-17(14)32-20;1-11(27)26-10-12(28)9-15(26)18(30)24-14(6-4-8-23-20(21)22)17(29)19-25-13-5-2-3-7-16(13)31-19/h3-4,6,8,13,15-16,29H,5,7,9-11H2,1-2H3,(H,25,31)(H3,22,23,24);2-3,5,7,12,14-15,28H,4,6,8-10H2,1H3,(H,24,30)(H4,21,22,23)/t13-,15+,16+;12-,14+,15+/m11/s1. The molecule has 2 aromatic carbocycles. The highest BCUT2D eigenvalue weighted by Gasteiger charge is 2.40. The Balaban J connectivity index is 0.000000238. The largest absolute Gasteiger partial charge is 0.391 e. The molecule has 0 saturated carbocycles. The predicted octanol–water partition coefficient (Wildman–Crippen LogP) is 0.259. The first-order chi connectivity index (χ1) is 30.1. The van der Waals surface area contributed by atoms with Crippen LogP contribution in [0.25, 0.3) is 20.4 Å². The van der Waals surface area contributed by atoms with Gasteiger partial charge in [-0.3, -0.25) is 38.8 Å². The minimum absolute atomic E-state index is 0.0462. The molecule has 2 saturated heterocycles. The first-order valence-corrected chi connectivity index (χ1v) is 22.0. The number of guanidine groups is 2. The minimum atomic E-state index is -0.853. The molecule has 6 atom stereocenters. The Morgan fingerprint density at radius 2 is 1.19 bits per heavy atom. The van der Waals surface area contributed by atoms with Crippen molar-refractivity contribution in [2.75, 3.05) is 33.2 Å². The summed E-state index contributed by atoms with van der Waals surface area (Å²) in [6, 6.07) is 11.5. The van der Waals surface area contributed by atoms with Crippen LogP contribution < -0.4 is 33.2 Å². The Morgan fingerprint density at radius 3 is 1.60 bits per heavy atom. The van der Waals surface area contributed by atoms with E-state index < -0.39 is 48.2 Å². The van der Waals surface area contributed by atoms with E-state index in [4.69, 9.17) is 17.2 Å². The SMILES string of the molecule is CC(=O)N1C[C@H](O)C[C@H]1C(=O)N[C@@H](CCCN=C(N)N)C(=O)c1nc2ccccc2s1.CN=C(N)NCCC[C@H](NC(=O)[C@@H]1C[C@@H](O)CN1C(C)=O)C(=O)c1nc2ccccc2s1. The number of carbonyl (C=O) groups is 6. The van der Waals surface area contributed by atoms with Crippen LogP contribution in [0.15, 0.2) is 58.5 Å². The van der Waals surface area contributed by atoms with Crippen molar-refractivity contribution in [1.29, 1.82) is 0 Å². The van der Waals surface area contributed by atoms with Crippen molar-refractivity contribution in [1.82, 2.24) is 35.7 Å². The summed E-state index contributed by atoms with van der Waals surface area (Å²) in [6.07, 6.45) is 0.366. The van der Waals surface area contributed by atoms with E-state index in [0.717, 1.165) is 14.9 Å². The van der Waals surface area contributed by atoms with Crippen molar-refractivity contribution in [3.05, 3.63) is 58.5 Å². The second-order valence-corrected chi connectivity index (χ2v) is 17.2. The number of likely N-dealkylation sites (tertiary alicyclic amines) is 2. The number of thiazole rings is 2. The van der Waals surface area contributed by atoms with Gasteiger partial charge in [-0.1, -0.05) is 24.3 Å². The highest BCUT2D eigenvalue weighted by Crippen LogP contribution is 2.26. The van der Waals surface area contributed by atoms with E-state index in [1.165, 1.54) is 46.3 Å². The number of hydrogen-bond acceptors (Lipinski definition) is 14. The number of ketones is 2. The third-order valence-corrected chi connectivity index (χ3v) is 12.5. The molecule has 0 aliphatic carbocycles. The fraction of sp³-hybridized carbons (Fsp3) is 0.463. The number of hydrogen-bond donors (Lipinski definition) is 8. The lowest BCUT2D eigenvalue weighted by atomic mass is 10.1. The van der Waals surface area contributed by atoms with Crippen LogP contribution in [0, 0.1) is 0 Å². The maximum atomic E-state index is 13.3. The van der Waals surface area contributed by atoms with Crippen molar-refractivity contribution in [3.63, 3.8) is 0 Å². The Hall–Kier alpha value is -6.10. The third-order valence-electron chi connectivity index (χ3n) is 10.4. The number of nitrogens with two attached hydrogens (primary N) is 3. The molecule has 2 aromatic heterocycles. The molecule has 4 aromatic rings. The van der Waals surface area contributed by atoms with E-state index in [1.807, 2.05) is 48.5 Å². The zero-order chi connectivity index (χ0) is 45.8. The highest BCUT2D eigenvalue weighted by atomic mass is 32.1. The number of aliphatic imine (C=N–C) groups is 2. The Morgan fingerprint density at radius 1 is 0.746 bits per heavy atom. The average Bonchev–Trinajstić information content (AvgIpc) is 4.07. The van der Waals surface area contributed by atoms with E-state index in [1.54, 1.807) is 7.05 Å². The highest BCUT2D eigenvalue weighted by molar-refractivity contribution is 7.20. The summed E-state index contributed by atoms with van der Waals surface area (Å²) in [7, 11) is 1.57. The second-order valence-electron chi connectivity index (χ2n) is 15.1. The molecule has 6 rings (SSSR count). The van der Waals surface area contributed by atoms with Gasteiger partial charge in [0.2, 0.25) is 35.2 Å². The van der Waals surface area contributed by atoms with Gasteiger partial charge in [-0.2, -0.15) is 0 Å². The normalized spacial score (nSPS) is 19.5. The molecular formula is C41H54N12O8S2. The fourth-order valence-corrected chi connectivity index (χ4v) is 9.17. The van der Waals surface area contributed by atoms with E-state index in [0.29, 0.717) is 60.3 Å². The molecule has 20 nitrogen and oxygen atoms in total. The number of fused-ring (bicyclic) bond motifs is 2. The van der Waals surface area contributed by atoms with Gasteiger partial charge in [0.1, 0.15) is 12.1 Å². The van der Waals surface area contributed by atoms with E-state index in [9.17, 15) is 39.0 Å². The molecule has 22 heteroatoms. The van der Waals surface area contributed by atoms with Crippen molar-refractivity contribution in [2.24, 2.45) is 27.2 Å². The number of aromatic nitrogens is 2. The molecule has 0 bridgehead atoms. The summed E-state index contributed by atoms with van der Waals surface area (Å²) < 4.78 is 1.76. The van der Waals surface area contributed by atoms with Crippen LogP contribution in [-0.4, -0.2) is 147 Å². The lowest BCUT2D eigenvalue weighted by molar-refractivity contribution is -0.137. The number of benzene rings is 2. The van der Waals surface area contributed by atoms with Crippen LogP contribution in [0.4, 0.5) is 0 Å². The van der Waals surface area contributed by atoms with Crippen molar-refractivity contribution < 1.29 is 39.0 Å². The quantitative estimate of drug-likeness (QED) is 0.0324. The van der Waals surface area contributed by atoms with Gasteiger partial charge >= 0.3 is 0 Å². The summed E-state index contributed by atoms with van der Waals surface area (Å²) in [4.78, 5) is 95.3. The van der Waals surface area contributed by atoms with Gasteiger partial charge in [-0.25, -0.2) is 9.97 Å². The lowest BCUT2D eigenvalue weighted by Crippen LogP contribution is -2.50. The van der Waals surface area contributed by atoms with Gasteiger partial charge < -0.3 is 53.2 Å². The van der Waals surface area contributed by atoms with Crippen LogP contribution in [0.5, 0.6) is 0 Å². The number of aliphatic hydroxyl groups is 2. The fourth-order valence-electron chi connectivity index (χ4n) is 7.25. The topological polar surface area (TPSA) is 314 Å². The zero-order valence-corrected chi connectivity index (χ0v) is 36.9. The molecule has 63 heavy (non-hydrogen) atoms. The number of Topliss-reactive ketones (excluding diaryl/α,β-unsaturated/α-hetero) is 2. The third kappa shape index (κ3) is 13.0. The number of carbonyl (C=O) groups excluding carboxylic acids is 6. The monoisotopic (exact) mass is 906 g/mol. The molecule has 4 amide bonds. The smallest absolute Gasteiger partial charge is 0.243 e. The van der Waals surface area contributed by atoms with Crippen molar-refractivity contribution >= 4 is 90.2 Å². The summed E-state index contributed by atoms with van der Waals surface area (Å²) >= 11 is 2.53. The number of nitrogens with zero attached hydrogens (tertiary/aromatic N) is 6. The molecule has 11 N–H and O–H groups in total. The van der Waals surface area contributed by atoms with Crippen LogP contribution in [0.2, 0.25) is 0 Å². The second kappa shape index (κ2) is 22.3. The maximum absolute atomic E-state index is 13.3. The molecule has 2 fully saturated rings. The summed E-state index contributed by atoms with van der Waals surface area (Å²) in [5.74, 6) is -1.90. The summed E-state index contributed by atoms with van der Waals surface area (Å²) in [6.45, 7) is 3.68. The van der Waals surface area contributed by atoms with Gasteiger partial charge in [0.15, 0.2) is 21.9 Å². The van der Waals surface area contributed by atoms with Gasteiger partial charge in [-0.15, -0.1) is 22.7 Å². The summed E-state index contributed by atoms with van der Waals surface area (Å²) in [5, 5.41) is 28.9. The number of para-hydroxylation sites is 2. The molecule has 0 unspecified atom stereocenters. The molecule has 2 aliphatic heterocycles. The minimum Gasteiger partial charge on any atom is -0.391 e. The molecule has 0 radical (unpaired) electrons. The van der Waals surface area contributed by atoms with Crippen LogP contribution in [0.1, 0.15) is 72.0 Å². The van der Waals surface area contributed by atoms with Gasteiger partial charge in [0.05, 0.1) is 44.7 Å². The Kier molecular flexibility index (Phi) is 17.0. The Labute approximate surface area is 371 Å². The van der Waals surface area contributed by atoms with E-state index in [2.05, 4.69) is 35.9 Å². The van der Waals surface area contributed by atoms with Gasteiger partial charge in [0.25, 0.3) is 0 Å². The Bertz CT molecular complexity index is 2280. The van der Waals surface area contributed by atoms with Crippen LogP contribution >= 0.6 is 22.7 Å². The van der Waals surface area contributed by atoms with Crippen molar-refractivity contribution in [2.45, 2.75) is 88.7 Å². The molecule has 0 spiro atoms. The van der Waals surface area contributed by atoms with Gasteiger partial charge in [0, 0.05) is 59.9 Å². The molecule has 4 heterocycles. The molecular weight excluding hydrogens is 853 g/mol. The average molecular weight is 907 g/mol. The van der Waals surface area contributed by atoms with Gasteiger partial charge in [-0.05, 0) is 49.9 Å². The number of nitrogens with one attached hydrogen (secondary N) is 3. The van der Waals surface area contributed by atoms with Crippen molar-refractivity contribution in [3.8, 4) is 0 Å². The zero-order valence-electron chi connectivity index (χ0n) is 35.2. The van der Waals surface area contributed by atoms with Crippen LogP contribution in [-0.2, 0) is 19.2 Å². The predicted molar refractivity (Wildman–Crippen MR) is 240 cm³/mol.